The van der Waals surface area contributed by atoms with E-state index >= 15 is 0 Å². The van der Waals surface area contributed by atoms with Crippen LogP contribution in [0.15, 0.2) is 46.6 Å². The van der Waals surface area contributed by atoms with E-state index in [-0.39, 0.29) is 5.97 Å². The van der Waals surface area contributed by atoms with Gasteiger partial charge in [0.15, 0.2) is 0 Å². The van der Waals surface area contributed by atoms with Crippen molar-refractivity contribution in [3.63, 3.8) is 0 Å². The molecule has 0 aromatic rings. The highest BCUT2D eigenvalue weighted by molar-refractivity contribution is 5.82. The maximum absolute atomic E-state index is 11.4. The Morgan fingerprint density at radius 2 is 1.41 bits per heavy atom. The van der Waals surface area contributed by atoms with Crippen molar-refractivity contribution >= 4 is 5.97 Å². The Morgan fingerprint density at radius 1 is 0.852 bits per heavy atom. The summed E-state index contributed by atoms with van der Waals surface area (Å²) in [4.78, 5) is 11.4. The molecule has 0 radical (unpaired) electrons. The average Bonchev–Trinajstić information content (AvgIpc) is 2.62. The van der Waals surface area contributed by atoms with Crippen LogP contribution < -0.4 is 0 Å². The fraction of sp³-hybridized carbons (Fsp3) is 0.640. The van der Waals surface area contributed by atoms with E-state index in [0.29, 0.717) is 6.61 Å². The number of hydrogen-bond acceptors (Lipinski definition) is 2. The van der Waals surface area contributed by atoms with Crippen LogP contribution in [0.25, 0.3) is 0 Å². The van der Waals surface area contributed by atoms with Crippen LogP contribution in [0.2, 0.25) is 0 Å². The Labute approximate surface area is 167 Å². The minimum Gasteiger partial charge on any atom is -0.463 e. The summed E-state index contributed by atoms with van der Waals surface area (Å²) in [5.41, 5.74) is 5.73. The van der Waals surface area contributed by atoms with Gasteiger partial charge in [-0.3, -0.25) is 0 Å². The van der Waals surface area contributed by atoms with Crippen LogP contribution in [-0.2, 0) is 9.53 Å². The molecule has 0 amide bonds. The summed E-state index contributed by atoms with van der Waals surface area (Å²) in [6.07, 6.45) is 22.3. The van der Waals surface area contributed by atoms with Gasteiger partial charge in [0.05, 0.1) is 6.61 Å². The van der Waals surface area contributed by atoms with Crippen molar-refractivity contribution in [3.8, 4) is 0 Å². The van der Waals surface area contributed by atoms with Crippen LogP contribution in [0.4, 0.5) is 0 Å². The summed E-state index contributed by atoms with van der Waals surface area (Å²) in [5, 5.41) is 0. The molecule has 1 fully saturated rings. The molecule has 152 valence electrons. The number of allylic oxidation sites excluding steroid dienone is 7. The van der Waals surface area contributed by atoms with Crippen molar-refractivity contribution in [1.82, 2.24) is 0 Å². The van der Waals surface area contributed by atoms with E-state index in [0.717, 1.165) is 31.3 Å². The lowest BCUT2D eigenvalue weighted by atomic mass is 9.93. The molecule has 0 spiro atoms. The second kappa shape index (κ2) is 14.5. The minimum atomic E-state index is -0.226. The number of hydrogen-bond donors (Lipinski definition) is 0. The largest absolute Gasteiger partial charge is 0.463 e. The fourth-order valence-electron chi connectivity index (χ4n) is 3.47. The smallest absolute Gasteiger partial charge is 0.330 e. The number of ether oxygens (including phenoxy) is 1. The lowest BCUT2D eigenvalue weighted by Crippen LogP contribution is -2.00. The Morgan fingerprint density at radius 3 is 2.00 bits per heavy atom. The quantitative estimate of drug-likeness (QED) is 0.212. The van der Waals surface area contributed by atoms with Gasteiger partial charge in [0.2, 0.25) is 0 Å². The average molecular weight is 373 g/mol. The number of esters is 1. The SMILES string of the molecule is CCOC(=O)C=C(C)CCC=C(C)CCC=C(C)CCC=C1CCCCC1. The summed E-state index contributed by atoms with van der Waals surface area (Å²) < 4.78 is 4.94. The van der Waals surface area contributed by atoms with Crippen LogP contribution in [0.3, 0.4) is 0 Å². The molecule has 0 aliphatic heterocycles. The summed E-state index contributed by atoms with van der Waals surface area (Å²) in [6.45, 7) is 8.74. The molecule has 1 rings (SSSR count). The molecule has 1 aliphatic carbocycles. The maximum atomic E-state index is 11.4. The van der Waals surface area contributed by atoms with E-state index in [1.54, 1.807) is 11.6 Å². The first-order chi connectivity index (χ1) is 13.0. The van der Waals surface area contributed by atoms with Crippen LogP contribution in [0.5, 0.6) is 0 Å². The van der Waals surface area contributed by atoms with Crippen LogP contribution in [-0.4, -0.2) is 12.6 Å². The molecule has 0 bridgehead atoms. The van der Waals surface area contributed by atoms with E-state index < -0.39 is 0 Å². The highest BCUT2D eigenvalue weighted by atomic mass is 16.5. The van der Waals surface area contributed by atoms with E-state index in [1.807, 2.05) is 13.8 Å². The summed E-state index contributed by atoms with van der Waals surface area (Å²) in [5.74, 6) is -0.226. The zero-order valence-corrected chi connectivity index (χ0v) is 18.1. The molecule has 1 saturated carbocycles. The third kappa shape index (κ3) is 12.4. The second-order valence-electron chi connectivity index (χ2n) is 7.88. The van der Waals surface area contributed by atoms with E-state index in [1.165, 1.54) is 56.1 Å². The van der Waals surface area contributed by atoms with Crippen molar-refractivity contribution in [2.45, 2.75) is 98.3 Å². The zero-order valence-electron chi connectivity index (χ0n) is 18.1. The third-order valence-corrected chi connectivity index (χ3v) is 5.18. The van der Waals surface area contributed by atoms with Gasteiger partial charge in [0.25, 0.3) is 0 Å². The van der Waals surface area contributed by atoms with Gasteiger partial charge in [0.1, 0.15) is 0 Å². The topological polar surface area (TPSA) is 26.3 Å². The highest BCUT2D eigenvalue weighted by Crippen LogP contribution is 2.23. The Kier molecular flexibility index (Phi) is 12.6. The molecule has 0 heterocycles. The molecule has 0 N–H and O–H groups in total. The molecule has 0 atom stereocenters. The van der Waals surface area contributed by atoms with Gasteiger partial charge >= 0.3 is 5.97 Å². The highest BCUT2D eigenvalue weighted by Gasteiger charge is 2.04. The first-order valence-electron chi connectivity index (χ1n) is 10.8. The van der Waals surface area contributed by atoms with E-state index in [9.17, 15) is 4.79 Å². The monoisotopic (exact) mass is 372 g/mol. The van der Waals surface area contributed by atoms with Gasteiger partial charge in [-0.05, 0) is 91.9 Å². The van der Waals surface area contributed by atoms with Gasteiger partial charge in [-0.25, -0.2) is 4.79 Å². The van der Waals surface area contributed by atoms with Crippen molar-refractivity contribution in [2.75, 3.05) is 6.61 Å². The fourth-order valence-corrected chi connectivity index (χ4v) is 3.47. The first-order valence-corrected chi connectivity index (χ1v) is 10.8. The number of rotatable bonds is 11. The predicted octanol–water partition coefficient (Wildman–Crippen LogP) is 7.62. The summed E-state index contributed by atoms with van der Waals surface area (Å²) in [7, 11) is 0. The third-order valence-electron chi connectivity index (χ3n) is 5.18. The van der Waals surface area contributed by atoms with Gasteiger partial charge in [0, 0.05) is 6.08 Å². The van der Waals surface area contributed by atoms with E-state index in [2.05, 4.69) is 32.1 Å². The molecule has 0 unspecified atom stereocenters. The van der Waals surface area contributed by atoms with Crippen LogP contribution in [0, 0.1) is 0 Å². The van der Waals surface area contributed by atoms with Crippen molar-refractivity contribution in [3.05, 3.63) is 46.6 Å². The van der Waals surface area contributed by atoms with Crippen LogP contribution in [0.1, 0.15) is 98.3 Å². The normalized spacial score (nSPS) is 16.4. The van der Waals surface area contributed by atoms with Gasteiger partial charge in [-0.15, -0.1) is 0 Å². The molecule has 0 aromatic heterocycles. The van der Waals surface area contributed by atoms with Gasteiger partial charge < -0.3 is 4.74 Å². The zero-order chi connectivity index (χ0) is 19.9. The molecule has 27 heavy (non-hydrogen) atoms. The molecule has 2 nitrogen and oxygen atoms in total. The van der Waals surface area contributed by atoms with Gasteiger partial charge in [-0.2, -0.15) is 0 Å². The predicted molar refractivity (Wildman–Crippen MR) is 117 cm³/mol. The van der Waals surface area contributed by atoms with Crippen molar-refractivity contribution in [1.29, 1.82) is 0 Å². The van der Waals surface area contributed by atoms with Crippen molar-refractivity contribution in [2.24, 2.45) is 0 Å². The van der Waals surface area contributed by atoms with Crippen LogP contribution >= 0.6 is 0 Å². The Balaban J connectivity index is 2.21. The van der Waals surface area contributed by atoms with E-state index in [4.69, 9.17) is 4.74 Å². The molecule has 0 aromatic carbocycles. The molecule has 2 heteroatoms. The minimum absolute atomic E-state index is 0.226. The lowest BCUT2D eigenvalue weighted by Gasteiger charge is -2.13. The number of carbonyl (C=O) groups is 1. The van der Waals surface area contributed by atoms with Crippen molar-refractivity contribution < 1.29 is 9.53 Å². The number of carbonyl (C=O) groups excluding carboxylic acids is 1. The molecular formula is C25H40O2. The lowest BCUT2D eigenvalue weighted by molar-refractivity contribution is -0.137. The standard InChI is InChI=1S/C25H40O2/c1-5-27-25(26)20-23(4)16-10-14-21(2)12-9-13-22(3)15-11-19-24-17-7-6-8-18-24/h13-14,19-20H,5-12,15-18H2,1-4H3. The molecule has 0 saturated heterocycles. The molecular weight excluding hydrogens is 332 g/mol. The first kappa shape index (κ1) is 23.5. The maximum Gasteiger partial charge on any atom is 0.330 e. The summed E-state index contributed by atoms with van der Waals surface area (Å²) in [6, 6.07) is 0. The van der Waals surface area contributed by atoms with Gasteiger partial charge in [-0.1, -0.05) is 46.9 Å². The Bertz CT molecular complexity index is 553. The Hall–Kier alpha value is -1.57. The summed E-state index contributed by atoms with van der Waals surface area (Å²) >= 11 is 0. The molecule has 1 aliphatic rings. The second-order valence-corrected chi connectivity index (χ2v) is 7.88.